The quantitative estimate of drug-likeness (QED) is 0.150. The lowest BCUT2D eigenvalue weighted by Crippen LogP contribution is -2.22. The molecule has 0 aliphatic heterocycles. The summed E-state index contributed by atoms with van der Waals surface area (Å²) >= 11 is 0. The zero-order valence-corrected chi connectivity index (χ0v) is 20.0. The number of unbranched alkanes of at least 4 members (excludes halogenated alkanes) is 14. The van der Waals surface area contributed by atoms with Crippen LogP contribution >= 0.6 is 0 Å². The third-order valence-corrected chi connectivity index (χ3v) is 5.34. The molecule has 0 aromatic carbocycles. The van der Waals surface area contributed by atoms with Gasteiger partial charge in [0.2, 0.25) is 0 Å². The van der Waals surface area contributed by atoms with E-state index in [0.29, 0.717) is 6.42 Å². The average Bonchev–Trinajstić information content (AvgIpc) is 2.73. The molecule has 1 atom stereocenters. The van der Waals surface area contributed by atoms with Crippen molar-refractivity contribution in [3.8, 4) is 0 Å². The van der Waals surface area contributed by atoms with Gasteiger partial charge in [0.1, 0.15) is 12.7 Å². The third-order valence-electron chi connectivity index (χ3n) is 5.34. The number of esters is 2. The third kappa shape index (κ3) is 22.9. The standard InChI is InChI=1S/C25H46O6/c1-3-4-5-6-7-8-9-10-11-12-13-14-15-16-17-18-24(28)30-21-22(2)31-25(29)20-19-23(26)27/h22H,3-21H2,1-2H3,(H,26,27). The van der Waals surface area contributed by atoms with Crippen LogP contribution in [0.25, 0.3) is 0 Å². The molecule has 0 amide bonds. The second-order valence-corrected chi connectivity index (χ2v) is 8.58. The second kappa shape index (κ2) is 21.6. The van der Waals surface area contributed by atoms with Crippen LogP contribution in [-0.4, -0.2) is 35.7 Å². The average molecular weight is 443 g/mol. The Morgan fingerprint density at radius 1 is 0.645 bits per heavy atom. The number of carbonyl (C=O) groups excluding carboxylic acids is 2. The summed E-state index contributed by atoms with van der Waals surface area (Å²) in [5.41, 5.74) is 0. The number of hydrogen-bond donors (Lipinski definition) is 1. The Kier molecular flexibility index (Phi) is 20.5. The molecule has 0 spiro atoms. The first-order valence-electron chi connectivity index (χ1n) is 12.5. The number of carboxylic acid groups (broad SMARTS) is 1. The van der Waals surface area contributed by atoms with Crippen LogP contribution in [0.4, 0.5) is 0 Å². The van der Waals surface area contributed by atoms with Gasteiger partial charge in [-0.15, -0.1) is 0 Å². The highest BCUT2D eigenvalue weighted by Gasteiger charge is 2.13. The minimum absolute atomic E-state index is 0.0103. The molecule has 0 aliphatic carbocycles. The Labute approximate surface area is 189 Å². The van der Waals surface area contributed by atoms with Crippen molar-refractivity contribution in [1.29, 1.82) is 0 Å². The van der Waals surface area contributed by atoms with E-state index in [4.69, 9.17) is 14.6 Å². The fourth-order valence-electron chi connectivity index (χ4n) is 3.45. The van der Waals surface area contributed by atoms with Gasteiger partial charge < -0.3 is 14.6 Å². The molecule has 0 aromatic heterocycles. The van der Waals surface area contributed by atoms with E-state index in [1.165, 1.54) is 77.0 Å². The monoisotopic (exact) mass is 442 g/mol. The highest BCUT2D eigenvalue weighted by atomic mass is 16.6. The van der Waals surface area contributed by atoms with Gasteiger partial charge in [-0.25, -0.2) is 0 Å². The number of carboxylic acids is 1. The van der Waals surface area contributed by atoms with Crippen molar-refractivity contribution in [2.75, 3.05) is 6.61 Å². The maximum atomic E-state index is 11.7. The van der Waals surface area contributed by atoms with Gasteiger partial charge in [-0.2, -0.15) is 0 Å². The molecule has 1 N–H and O–H groups in total. The van der Waals surface area contributed by atoms with Gasteiger partial charge in [0, 0.05) is 6.42 Å². The topological polar surface area (TPSA) is 89.9 Å². The second-order valence-electron chi connectivity index (χ2n) is 8.58. The van der Waals surface area contributed by atoms with Crippen molar-refractivity contribution in [2.24, 2.45) is 0 Å². The van der Waals surface area contributed by atoms with Gasteiger partial charge in [-0.3, -0.25) is 14.4 Å². The highest BCUT2D eigenvalue weighted by molar-refractivity contribution is 5.76. The van der Waals surface area contributed by atoms with Crippen molar-refractivity contribution < 1.29 is 29.0 Å². The summed E-state index contributed by atoms with van der Waals surface area (Å²) < 4.78 is 10.1. The summed E-state index contributed by atoms with van der Waals surface area (Å²) in [7, 11) is 0. The van der Waals surface area contributed by atoms with Crippen molar-refractivity contribution in [2.45, 2.75) is 136 Å². The Morgan fingerprint density at radius 3 is 1.55 bits per heavy atom. The molecule has 31 heavy (non-hydrogen) atoms. The smallest absolute Gasteiger partial charge is 0.306 e. The first-order chi connectivity index (χ1) is 15.0. The van der Waals surface area contributed by atoms with Crippen LogP contribution in [0, 0.1) is 0 Å². The number of carbonyl (C=O) groups is 3. The molecule has 6 nitrogen and oxygen atoms in total. The fourth-order valence-corrected chi connectivity index (χ4v) is 3.45. The lowest BCUT2D eigenvalue weighted by Gasteiger charge is -2.13. The first kappa shape index (κ1) is 29.4. The zero-order valence-electron chi connectivity index (χ0n) is 20.0. The molecule has 0 saturated heterocycles. The largest absolute Gasteiger partial charge is 0.481 e. The van der Waals surface area contributed by atoms with Crippen LogP contribution in [0.3, 0.4) is 0 Å². The lowest BCUT2D eigenvalue weighted by atomic mass is 10.0. The van der Waals surface area contributed by atoms with Crippen LogP contribution in [-0.2, 0) is 23.9 Å². The summed E-state index contributed by atoms with van der Waals surface area (Å²) in [6.07, 6.45) is 18.6. The predicted molar refractivity (Wildman–Crippen MR) is 123 cm³/mol. The Hall–Kier alpha value is -1.59. The fraction of sp³-hybridized carbons (Fsp3) is 0.880. The molecule has 0 aliphatic rings. The van der Waals surface area contributed by atoms with E-state index >= 15 is 0 Å². The highest BCUT2D eigenvalue weighted by Crippen LogP contribution is 2.14. The van der Waals surface area contributed by atoms with Crippen molar-refractivity contribution >= 4 is 17.9 Å². The van der Waals surface area contributed by atoms with Gasteiger partial charge in [0.25, 0.3) is 0 Å². The Balaban J connectivity index is 3.37. The first-order valence-corrected chi connectivity index (χ1v) is 12.5. The molecule has 0 saturated carbocycles. The van der Waals surface area contributed by atoms with E-state index in [9.17, 15) is 14.4 Å². The zero-order chi connectivity index (χ0) is 23.2. The SMILES string of the molecule is CCCCCCCCCCCCCCCCCC(=O)OCC(C)OC(=O)CCC(=O)O. The molecule has 0 rings (SSSR count). The molecular formula is C25H46O6. The molecule has 6 heteroatoms. The van der Waals surface area contributed by atoms with Crippen LogP contribution in [0.5, 0.6) is 0 Å². The van der Waals surface area contributed by atoms with Crippen LogP contribution in [0.1, 0.15) is 129 Å². The summed E-state index contributed by atoms with van der Waals surface area (Å²) in [4.78, 5) is 33.6. The van der Waals surface area contributed by atoms with Gasteiger partial charge in [-0.1, -0.05) is 96.8 Å². The van der Waals surface area contributed by atoms with Gasteiger partial charge in [0.15, 0.2) is 0 Å². The van der Waals surface area contributed by atoms with Crippen LogP contribution in [0.15, 0.2) is 0 Å². The van der Waals surface area contributed by atoms with Gasteiger partial charge >= 0.3 is 17.9 Å². The number of hydrogen-bond acceptors (Lipinski definition) is 5. The van der Waals surface area contributed by atoms with E-state index < -0.39 is 18.0 Å². The van der Waals surface area contributed by atoms with Gasteiger partial charge in [0.05, 0.1) is 12.8 Å². The maximum Gasteiger partial charge on any atom is 0.306 e. The molecule has 0 bridgehead atoms. The minimum atomic E-state index is -1.04. The summed E-state index contributed by atoms with van der Waals surface area (Å²) in [6.45, 7) is 3.89. The van der Waals surface area contributed by atoms with E-state index in [1.807, 2.05) is 0 Å². The lowest BCUT2D eigenvalue weighted by molar-refractivity contribution is -0.159. The number of aliphatic carboxylic acids is 1. The normalized spacial score (nSPS) is 11.8. The van der Waals surface area contributed by atoms with Crippen molar-refractivity contribution in [3.05, 3.63) is 0 Å². The molecule has 0 heterocycles. The Bertz CT molecular complexity index is 463. The predicted octanol–water partition coefficient (Wildman–Crippen LogP) is 6.59. The molecular weight excluding hydrogens is 396 g/mol. The van der Waals surface area contributed by atoms with Crippen LogP contribution < -0.4 is 0 Å². The molecule has 0 aromatic rings. The molecule has 0 radical (unpaired) electrons. The summed E-state index contributed by atoms with van der Waals surface area (Å²) in [5, 5.41) is 8.53. The molecule has 1 unspecified atom stereocenters. The van der Waals surface area contributed by atoms with E-state index in [2.05, 4.69) is 6.92 Å². The van der Waals surface area contributed by atoms with Crippen molar-refractivity contribution in [1.82, 2.24) is 0 Å². The van der Waals surface area contributed by atoms with E-state index in [1.54, 1.807) is 6.92 Å². The van der Waals surface area contributed by atoms with Gasteiger partial charge in [-0.05, 0) is 13.3 Å². The van der Waals surface area contributed by atoms with E-state index in [-0.39, 0.29) is 25.4 Å². The number of rotatable bonds is 22. The van der Waals surface area contributed by atoms with Crippen molar-refractivity contribution in [3.63, 3.8) is 0 Å². The molecule has 182 valence electrons. The maximum absolute atomic E-state index is 11.7. The molecule has 0 fully saturated rings. The Morgan fingerprint density at radius 2 is 1.10 bits per heavy atom. The summed E-state index contributed by atoms with van der Waals surface area (Å²) in [5.74, 6) is -1.91. The van der Waals surface area contributed by atoms with E-state index in [0.717, 1.165) is 19.3 Å². The summed E-state index contributed by atoms with van der Waals surface area (Å²) in [6, 6.07) is 0. The minimum Gasteiger partial charge on any atom is -0.481 e. The number of ether oxygens (including phenoxy) is 2. The van der Waals surface area contributed by atoms with Crippen LogP contribution in [0.2, 0.25) is 0 Å².